The van der Waals surface area contributed by atoms with Crippen molar-refractivity contribution >= 4 is 65.8 Å². The Morgan fingerprint density at radius 2 is 0.679 bits per heavy atom. The molecule has 0 saturated heterocycles. The van der Waals surface area contributed by atoms with E-state index in [1.807, 2.05) is 166 Å². The molecule has 0 spiro atoms. The maximum Gasteiger partial charge on any atom is 0.144 e. The zero-order chi connectivity index (χ0) is 75.6. The number of hydrogen-bond donors (Lipinski definition) is 3. The molecule has 0 saturated carbocycles. The van der Waals surface area contributed by atoms with Gasteiger partial charge in [0, 0.05) is 136 Å². The van der Waals surface area contributed by atoms with Gasteiger partial charge in [-0.1, -0.05) is 137 Å². The molecule has 9 heterocycles. The molecular weight excluding hydrogens is 1920 g/mol. The first-order valence-corrected chi connectivity index (χ1v) is 36.7. The average Bonchev–Trinajstić information content (AvgIpc) is 1.59. The maximum absolute atomic E-state index is 11.6. The molecule has 15 heteroatoms. The molecule has 3 N–H and O–H groups in total. The summed E-state index contributed by atoms with van der Waals surface area (Å²) in [6, 6.07) is 94.0. The van der Waals surface area contributed by atoms with E-state index in [1.54, 1.807) is 24.7 Å². The van der Waals surface area contributed by atoms with Crippen molar-refractivity contribution in [3.63, 3.8) is 0 Å². The van der Waals surface area contributed by atoms with Crippen molar-refractivity contribution in [3.8, 4) is 102 Å². The molecule has 9 aromatic carbocycles. The van der Waals surface area contributed by atoms with E-state index in [0.29, 0.717) is 11.3 Å². The third-order valence-corrected chi connectivity index (χ3v) is 20.2. The fourth-order valence-electron chi connectivity index (χ4n) is 14.6. The second-order valence-corrected chi connectivity index (χ2v) is 30.2. The van der Waals surface area contributed by atoms with Gasteiger partial charge in [0.1, 0.15) is 34.2 Å². The summed E-state index contributed by atoms with van der Waals surface area (Å²) in [5.41, 5.74) is 25.4. The summed E-state index contributed by atoms with van der Waals surface area (Å²) in [5, 5.41) is 39.4. The van der Waals surface area contributed by atoms with Crippen molar-refractivity contribution in [3.05, 3.63) is 324 Å². The molecule has 0 aliphatic rings. The molecule has 0 unspecified atom stereocenters. The monoisotopic (exact) mass is 2000 g/mol. The molecule has 0 aliphatic carbocycles. The van der Waals surface area contributed by atoms with Gasteiger partial charge >= 0.3 is 0 Å². The first-order chi connectivity index (χ1) is 52.6. The number of hydrogen-bond acceptors (Lipinski definition) is 9. The number of fused-ring (bicyclic) bond motifs is 9. The average molecular weight is 2010 g/mol. The van der Waals surface area contributed by atoms with Gasteiger partial charge in [0.25, 0.3) is 0 Å². The number of pyridine rings is 6. The summed E-state index contributed by atoms with van der Waals surface area (Å²) < 4.78 is 6.47. The van der Waals surface area contributed by atoms with Gasteiger partial charge in [0.2, 0.25) is 0 Å². The van der Waals surface area contributed by atoms with Gasteiger partial charge in [0.05, 0.1) is 33.6 Å². The van der Waals surface area contributed by atoms with Crippen LogP contribution in [0.1, 0.15) is 80.5 Å². The topological polar surface area (TPSA) is 153 Å². The van der Waals surface area contributed by atoms with Crippen molar-refractivity contribution in [2.45, 2.75) is 87.0 Å². The molecule has 0 atom stereocenters. The maximum atomic E-state index is 11.6. The van der Waals surface area contributed by atoms with Crippen LogP contribution in [0.3, 0.4) is 0 Å². The first-order valence-electron chi connectivity index (χ1n) is 36.7. The van der Waals surface area contributed by atoms with Gasteiger partial charge in [-0.25, -0.2) is 15.0 Å². The Labute approximate surface area is 695 Å². The number of aryl methyl sites for hydroxylation is 5. The van der Waals surface area contributed by atoms with Gasteiger partial charge < -0.3 is 44.0 Å². The smallest absolute Gasteiger partial charge is 0.144 e. The number of nitrogens with zero attached hydrogens (tertiary/aromatic N) is 9. The van der Waals surface area contributed by atoms with Gasteiger partial charge in [-0.15, -0.1) is 89.5 Å². The predicted molar refractivity (Wildman–Crippen MR) is 444 cm³/mol. The summed E-state index contributed by atoms with van der Waals surface area (Å²) in [4.78, 5) is 28.9. The fourth-order valence-corrected chi connectivity index (χ4v) is 14.6. The Kier molecular flexibility index (Phi) is 22.7. The molecule has 9 aromatic heterocycles. The number of phenols is 3. The second-order valence-electron chi connectivity index (χ2n) is 30.2. The van der Waals surface area contributed by atoms with E-state index in [-0.39, 0.29) is 85.5 Å². The van der Waals surface area contributed by atoms with E-state index in [9.17, 15) is 15.3 Å². The summed E-state index contributed by atoms with van der Waals surface area (Å²) in [6.07, 6.45) is 5.39. The zero-order valence-corrected chi connectivity index (χ0v) is 70.5. The minimum atomic E-state index is -0.225. The predicted octanol–water partition coefficient (Wildman–Crippen LogP) is 23.4. The first kappa shape index (κ1) is 78.9. The van der Waals surface area contributed by atoms with Crippen molar-refractivity contribution in [2.75, 3.05) is 0 Å². The number of benzene rings is 9. The third-order valence-electron chi connectivity index (χ3n) is 20.2. The Morgan fingerprint density at radius 3 is 1.04 bits per heavy atom. The van der Waals surface area contributed by atoms with E-state index in [1.165, 1.54) is 22.3 Å². The van der Waals surface area contributed by atoms with Crippen LogP contribution in [0.5, 0.6) is 17.2 Å². The summed E-state index contributed by atoms with van der Waals surface area (Å²) in [7, 11) is 0. The van der Waals surface area contributed by atoms with Crippen molar-refractivity contribution in [1.82, 2.24) is 43.6 Å². The Hall–Kier alpha value is -11.3. The molecule has 0 fully saturated rings. The zero-order valence-electron chi connectivity index (χ0n) is 63.7. The van der Waals surface area contributed by atoms with Crippen molar-refractivity contribution < 1.29 is 78.5 Å². The summed E-state index contributed by atoms with van der Waals surface area (Å²) >= 11 is 0. The Balaban J connectivity index is 0.000000146. The standard InChI is InChI=1S/C37H36N3O.C31H24N3O.C29H20N3O.3Pt/c1-23-14-17-33-28(19-23)27-15-16-32(29-21-25(36(2,3)4)22-30(34(29)41)37(5,6)7)39-35(27)40(33)26-12-10-11-24(20-26)31-13-8-9-18-38-31;1-19-10-13-29-25(16-19)24-11-12-28(26-17-20(2)15-21(3)30(26)35)33-31(24)34(29)23-8-6-7-22(18-23)27-9-4-5-14-32-27;1-19-12-15-27-24(17-19)22-13-14-26(23-9-2-3-11-28(23)33)31-29(22)32(27)21-8-6-7-20(18-21)25-10-4-5-16-30-25;;;/h8-19,21-22,41H,1-7H3;4-17,35H,1-3H3;2-17,33H,1H3;;;/q3*-1;;;. The van der Waals surface area contributed by atoms with Gasteiger partial charge in [-0.2, -0.15) is 0 Å². The van der Waals surface area contributed by atoms with Crippen LogP contribution in [0.4, 0.5) is 0 Å². The van der Waals surface area contributed by atoms with Crippen LogP contribution in [0, 0.1) is 52.8 Å². The van der Waals surface area contributed by atoms with Crippen LogP contribution in [-0.4, -0.2) is 58.9 Å². The molecule has 0 aliphatic heterocycles. The quantitative estimate of drug-likeness (QED) is 0.120. The van der Waals surface area contributed by atoms with Crippen LogP contribution in [0.25, 0.3) is 150 Å². The molecule has 0 bridgehead atoms. The molecule has 18 rings (SSSR count). The number of phenolic OH excluding ortho intramolecular Hbond substituents is 3. The van der Waals surface area contributed by atoms with Crippen LogP contribution >= 0.6 is 0 Å². The second kappa shape index (κ2) is 32.2. The van der Waals surface area contributed by atoms with Crippen molar-refractivity contribution in [2.24, 2.45) is 0 Å². The third kappa shape index (κ3) is 15.4. The molecule has 12 nitrogen and oxygen atoms in total. The largest absolute Gasteiger partial charge is 0.507 e. The van der Waals surface area contributed by atoms with E-state index in [4.69, 9.17) is 15.0 Å². The molecule has 0 amide bonds. The van der Waals surface area contributed by atoms with Gasteiger partial charge in [-0.3, -0.25) is 0 Å². The van der Waals surface area contributed by atoms with E-state index in [2.05, 4.69) is 200 Å². The SMILES string of the molecule is Cc1cc(C)c(O)c(-c2ccc3c4cc(C)ccc4n(-c4[c-]c(-c5ccccn5)ccc4)c3n2)c1.Cc1ccc2c(c1)c1ccc(-c3cc(C(C)(C)C)cc(C(C)(C)C)c3O)nc1n2-c1[c-]c(-c2ccccn2)ccc1.Cc1ccc2c(c1)c1ccc(-c3ccccc3O)nc1n2-c1[c-]c(-c2ccccn2)ccc1.[Pt].[Pt].[Pt]. The van der Waals surface area contributed by atoms with Crippen molar-refractivity contribution in [1.29, 1.82) is 0 Å². The Bertz CT molecular complexity index is 6560. The molecule has 564 valence electrons. The van der Waals surface area contributed by atoms with Crippen LogP contribution in [0.15, 0.2) is 267 Å². The number of aromatic nitrogens is 9. The Morgan fingerprint density at radius 1 is 0.304 bits per heavy atom. The number of rotatable bonds is 9. The summed E-state index contributed by atoms with van der Waals surface area (Å²) in [6.45, 7) is 23.3. The molecule has 112 heavy (non-hydrogen) atoms. The minimum absolute atomic E-state index is 0. The van der Waals surface area contributed by atoms with E-state index < -0.39 is 0 Å². The molecule has 18 aromatic rings. The molecular formula is C97H80N9O3Pt3-3. The van der Waals surface area contributed by atoms with Crippen LogP contribution in [-0.2, 0) is 74.0 Å². The minimum Gasteiger partial charge on any atom is -0.507 e. The molecule has 0 radical (unpaired) electrons. The van der Waals surface area contributed by atoms with E-state index in [0.717, 1.165) is 162 Å². The number of para-hydroxylation sites is 1. The van der Waals surface area contributed by atoms with Gasteiger partial charge in [-0.05, 0) is 212 Å². The van der Waals surface area contributed by atoms with E-state index >= 15 is 0 Å². The van der Waals surface area contributed by atoms with Gasteiger partial charge in [0.15, 0.2) is 0 Å². The van der Waals surface area contributed by atoms with Crippen LogP contribution < -0.4 is 0 Å². The number of aromatic hydroxyl groups is 3. The van der Waals surface area contributed by atoms with Crippen LogP contribution in [0.2, 0.25) is 0 Å². The summed E-state index contributed by atoms with van der Waals surface area (Å²) in [5.74, 6) is 0.774. The fraction of sp³-hybridized carbons (Fsp3) is 0.134. The normalized spacial score (nSPS) is 11.4.